The van der Waals surface area contributed by atoms with Gasteiger partial charge in [-0.25, -0.2) is 4.79 Å². The highest BCUT2D eigenvalue weighted by Crippen LogP contribution is 2.22. The molecule has 1 fully saturated rings. The van der Waals surface area contributed by atoms with Crippen LogP contribution in [0.3, 0.4) is 0 Å². The van der Waals surface area contributed by atoms with E-state index in [4.69, 9.17) is 4.74 Å². The number of carbonyl (C=O) groups is 2. The molecule has 1 atom stereocenters. The third kappa shape index (κ3) is 4.63. The fraction of sp³-hybridized carbons (Fsp3) is 0.833. The summed E-state index contributed by atoms with van der Waals surface area (Å²) in [5, 5.41) is 2.84. The van der Waals surface area contributed by atoms with E-state index in [1.165, 1.54) is 4.90 Å². The molecule has 17 heavy (non-hydrogen) atoms. The zero-order valence-corrected chi connectivity index (χ0v) is 11.5. The molecule has 1 rings (SSSR count). The second-order valence-corrected chi connectivity index (χ2v) is 6.39. The smallest absolute Gasteiger partial charge is 0.411 e. The number of hydrogen-bond donors (Lipinski definition) is 1. The fourth-order valence-corrected chi connectivity index (χ4v) is 1.34. The topological polar surface area (TPSA) is 58.4 Å². The van der Waals surface area contributed by atoms with Crippen molar-refractivity contribution in [2.75, 3.05) is 6.54 Å². The summed E-state index contributed by atoms with van der Waals surface area (Å²) in [7, 11) is 0. The maximum Gasteiger partial charge on any atom is 0.411 e. The summed E-state index contributed by atoms with van der Waals surface area (Å²) in [6.07, 6.45) is -0.424. The van der Waals surface area contributed by atoms with Gasteiger partial charge in [-0.05, 0) is 41.5 Å². The van der Waals surface area contributed by atoms with Gasteiger partial charge in [-0.1, -0.05) is 0 Å². The fourth-order valence-electron chi connectivity index (χ4n) is 1.34. The molecular formula is C12H22N2O3. The first-order chi connectivity index (χ1) is 7.49. The van der Waals surface area contributed by atoms with Gasteiger partial charge in [0, 0.05) is 5.54 Å². The van der Waals surface area contributed by atoms with Gasteiger partial charge in [0.2, 0.25) is 5.91 Å². The standard InChI is InChI=1S/C12H22N2O3/c1-11(2,3)13-9(15)8-7-14(8)10(16)17-12(4,5)6/h8H,7H2,1-6H3,(H,13,15)/t8-,14?/m0/s1. The molecule has 5 nitrogen and oxygen atoms in total. The Morgan fingerprint density at radius 2 is 1.71 bits per heavy atom. The number of nitrogens with one attached hydrogen (secondary N) is 1. The van der Waals surface area contributed by atoms with Crippen LogP contribution in [0.5, 0.6) is 0 Å². The molecule has 98 valence electrons. The van der Waals surface area contributed by atoms with Gasteiger partial charge in [0.05, 0.1) is 6.54 Å². The largest absolute Gasteiger partial charge is 0.444 e. The summed E-state index contributed by atoms with van der Waals surface area (Å²) in [5.41, 5.74) is -0.802. The summed E-state index contributed by atoms with van der Waals surface area (Å²) in [5.74, 6) is -0.122. The SMILES string of the molecule is CC(C)(C)NC(=O)[C@@H]1CN1C(=O)OC(C)(C)C. The first-order valence-electron chi connectivity index (χ1n) is 5.81. The lowest BCUT2D eigenvalue weighted by Crippen LogP contribution is -2.44. The van der Waals surface area contributed by atoms with Crippen LogP contribution in [0.4, 0.5) is 4.79 Å². The molecule has 0 aliphatic carbocycles. The Hall–Kier alpha value is -1.26. The van der Waals surface area contributed by atoms with Crippen molar-refractivity contribution in [2.45, 2.75) is 58.7 Å². The lowest BCUT2D eigenvalue weighted by atomic mass is 10.1. The second kappa shape index (κ2) is 4.20. The van der Waals surface area contributed by atoms with Gasteiger partial charge in [0.25, 0.3) is 0 Å². The Bertz CT molecular complexity index is 294. The van der Waals surface area contributed by atoms with E-state index >= 15 is 0 Å². The van der Waals surface area contributed by atoms with Crippen molar-refractivity contribution in [1.29, 1.82) is 0 Å². The van der Waals surface area contributed by atoms with Crippen LogP contribution >= 0.6 is 0 Å². The summed E-state index contributed by atoms with van der Waals surface area (Å²) >= 11 is 0. The van der Waals surface area contributed by atoms with Crippen LogP contribution in [0.15, 0.2) is 0 Å². The minimum atomic E-state index is -0.523. The molecule has 5 heteroatoms. The van der Waals surface area contributed by atoms with Crippen LogP contribution in [-0.2, 0) is 9.53 Å². The van der Waals surface area contributed by atoms with Crippen molar-refractivity contribution in [3.63, 3.8) is 0 Å². The van der Waals surface area contributed by atoms with Crippen molar-refractivity contribution >= 4 is 12.0 Å². The maximum absolute atomic E-state index is 11.7. The number of hydrogen-bond acceptors (Lipinski definition) is 3. The third-order valence-corrected chi connectivity index (χ3v) is 2.04. The predicted molar refractivity (Wildman–Crippen MR) is 64.6 cm³/mol. The maximum atomic E-state index is 11.7. The highest BCUT2D eigenvalue weighted by molar-refractivity contribution is 5.90. The van der Waals surface area contributed by atoms with E-state index in [9.17, 15) is 9.59 Å². The van der Waals surface area contributed by atoms with Crippen LogP contribution < -0.4 is 5.32 Å². The zero-order valence-electron chi connectivity index (χ0n) is 11.5. The number of carbonyl (C=O) groups excluding carboxylic acids is 2. The van der Waals surface area contributed by atoms with E-state index in [1.54, 1.807) is 20.8 Å². The highest BCUT2D eigenvalue weighted by Gasteiger charge is 2.46. The summed E-state index contributed by atoms with van der Waals surface area (Å²) in [6, 6.07) is -0.371. The van der Waals surface area contributed by atoms with Gasteiger partial charge in [-0.15, -0.1) is 0 Å². The van der Waals surface area contributed by atoms with Crippen molar-refractivity contribution < 1.29 is 14.3 Å². The number of rotatable bonds is 1. The predicted octanol–water partition coefficient (Wildman–Crippen LogP) is 1.52. The molecule has 1 saturated heterocycles. The summed E-state index contributed by atoms with van der Waals surface area (Å²) in [4.78, 5) is 24.8. The molecule has 0 saturated carbocycles. The van der Waals surface area contributed by atoms with Gasteiger partial charge in [-0.2, -0.15) is 0 Å². The van der Waals surface area contributed by atoms with Crippen LogP contribution in [0.25, 0.3) is 0 Å². The normalized spacial score (nSPS) is 19.9. The molecule has 1 heterocycles. The minimum Gasteiger partial charge on any atom is -0.444 e. The number of nitrogens with zero attached hydrogens (tertiary/aromatic N) is 1. The van der Waals surface area contributed by atoms with E-state index < -0.39 is 11.7 Å². The van der Waals surface area contributed by atoms with Crippen molar-refractivity contribution in [3.05, 3.63) is 0 Å². The van der Waals surface area contributed by atoms with E-state index in [0.29, 0.717) is 6.54 Å². The van der Waals surface area contributed by atoms with E-state index in [0.717, 1.165) is 0 Å². The van der Waals surface area contributed by atoms with Gasteiger partial charge < -0.3 is 10.1 Å². The summed E-state index contributed by atoms with van der Waals surface area (Å²) in [6.45, 7) is 11.6. The van der Waals surface area contributed by atoms with Gasteiger partial charge in [0.15, 0.2) is 0 Å². The summed E-state index contributed by atoms with van der Waals surface area (Å²) < 4.78 is 5.18. The Balaban J connectivity index is 2.44. The first kappa shape index (κ1) is 13.8. The van der Waals surface area contributed by atoms with Crippen molar-refractivity contribution in [3.8, 4) is 0 Å². The Morgan fingerprint density at radius 3 is 2.12 bits per heavy atom. The average Bonchev–Trinajstić information content (AvgIpc) is 2.74. The lowest BCUT2D eigenvalue weighted by Gasteiger charge is -2.21. The molecule has 0 radical (unpaired) electrons. The van der Waals surface area contributed by atoms with Crippen LogP contribution in [0, 0.1) is 0 Å². The molecular weight excluding hydrogens is 220 g/mol. The monoisotopic (exact) mass is 242 g/mol. The molecule has 0 aromatic rings. The van der Waals surface area contributed by atoms with Crippen LogP contribution in [0.1, 0.15) is 41.5 Å². The van der Waals surface area contributed by atoms with Gasteiger partial charge in [-0.3, -0.25) is 9.69 Å². The molecule has 0 spiro atoms. The zero-order chi connectivity index (χ0) is 13.4. The molecule has 0 aromatic carbocycles. The van der Waals surface area contributed by atoms with E-state index in [2.05, 4.69) is 5.32 Å². The molecule has 1 aliphatic rings. The van der Waals surface area contributed by atoms with Crippen LogP contribution in [0.2, 0.25) is 0 Å². The lowest BCUT2D eigenvalue weighted by molar-refractivity contribution is -0.122. The number of ether oxygens (including phenoxy) is 1. The Kier molecular flexibility index (Phi) is 3.41. The molecule has 1 N–H and O–H groups in total. The van der Waals surface area contributed by atoms with E-state index in [1.807, 2.05) is 20.8 Å². The Morgan fingerprint density at radius 1 is 1.18 bits per heavy atom. The minimum absolute atomic E-state index is 0.122. The number of amides is 2. The third-order valence-electron chi connectivity index (χ3n) is 2.04. The molecule has 0 aromatic heterocycles. The molecule has 0 unspecified atom stereocenters. The van der Waals surface area contributed by atoms with Crippen molar-refractivity contribution in [2.24, 2.45) is 0 Å². The molecule has 1 aliphatic heterocycles. The quantitative estimate of drug-likeness (QED) is 0.709. The van der Waals surface area contributed by atoms with Gasteiger partial charge in [0.1, 0.15) is 11.6 Å². The van der Waals surface area contributed by atoms with Crippen molar-refractivity contribution in [1.82, 2.24) is 10.2 Å². The molecule has 0 bridgehead atoms. The average molecular weight is 242 g/mol. The van der Waals surface area contributed by atoms with Crippen LogP contribution in [-0.4, -0.2) is 40.6 Å². The first-order valence-corrected chi connectivity index (χ1v) is 5.81. The Labute approximate surface area is 102 Å². The highest BCUT2D eigenvalue weighted by atomic mass is 16.6. The van der Waals surface area contributed by atoms with Gasteiger partial charge >= 0.3 is 6.09 Å². The second-order valence-electron chi connectivity index (χ2n) is 6.39. The van der Waals surface area contributed by atoms with E-state index in [-0.39, 0.29) is 17.5 Å². The molecule has 2 amide bonds.